The Morgan fingerprint density at radius 3 is 2.52 bits per heavy atom. The molecule has 0 unspecified atom stereocenters. The smallest absolute Gasteiger partial charge is 0.254 e. The van der Waals surface area contributed by atoms with Crippen LogP contribution in [-0.4, -0.2) is 26.5 Å². The van der Waals surface area contributed by atoms with Crippen LogP contribution in [0, 0.1) is 5.82 Å². The molecule has 0 radical (unpaired) electrons. The number of carbonyl (C=O) groups excluding carboxylic acids is 1. The van der Waals surface area contributed by atoms with Crippen LogP contribution >= 0.6 is 15.9 Å². The van der Waals surface area contributed by atoms with Gasteiger partial charge in [0, 0.05) is 30.8 Å². The summed E-state index contributed by atoms with van der Waals surface area (Å²) in [5.74, 6) is -0.892. The van der Waals surface area contributed by atoms with E-state index in [4.69, 9.17) is 0 Å². The largest absolute Gasteiger partial charge is 0.378 e. The molecule has 0 heterocycles. The van der Waals surface area contributed by atoms with Crippen molar-refractivity contribution in [2.24, 2.45) is 0 Å². The molecule has 122 valence electrons. The molecule has 0 saturated heterocycles. The average molecular weight is 379 g/mol. The van der Waals surface area contributed by atoms with E-state index < -0.39 is 5.82 Å². The number of hydrogen-bond donors (Lipinski definition) is 1. The van der Waals surface area contributed by atoms with Gasteiger partial charge < -0.3 is 10.2 Å². The highest BCUT2D eigenvalue weighted by molar-refractivity contribution is 9.10. The first kappa shape index (κ1) is 17.5. The second-order valence-corrected chi connectivity index (χ2v) is 6.46. The van der Waals surface area contributed by atoms with E-state index in [1.54, 1.807) is 6.07 Å². The predicted molar refractivity (Wildman–Crippen MR) is 95.5 cm³/mol. The molecule has 2 aromatic rings. The maximum absolute atomic E-state index is 13.6. The van der Waals surface area contributed by atoms with Gasteiger partial charge in [-0.15, -0.1) is 0 Å². The molecule has 0 spiro atoms. The fourth-order valence-corrected chi connectivity index (χ4v) is 2.58. The van der Waals surface area contributed by atoms with Crippen molar-refractivity contribution in [3.05, 3.63) is 63.9 Å². The standard InChI is InChI=1S/C18H20BrFN2O/c1-22(2)15-8-5-13(6-9-15)4-3-11-21-18(23)16-12-14(19)7-10-17(16)20/h5-10,12H,3-4,11H2,1-2H3,(H,21,23). The van der Waals surface area contributed by atoms with Gasteiger partial charge in [-0.25, -0.2) is 4.39 Å². The summed E-state index contributed by atoms with van der Waals surface area (Å²) in [5, 5.41) is 2.76. The fourth-order valence-electron chi connectivity index (χ4n) is 2.22. The van der Waals surface area contributed by atoms with Gasteiger partial charge in [0.1, 0.15) is 5.82 Å². The van der Waals surface area contributed by atoms with Crippen molar-refractivity contribution in [2.45, 2.75) is 12.8 Å². The summed E-state index contributed by atoms with van der Waals surface area (Å²) in [4.78, 5) is 14.0. The van der Waals surface area contributed by atoms with Gasteiger partial charge in [0.25, 0.3) is 5.91 Å². The maximum atomic E-state index is 13.6. The number of benzene rings is 2. The zero-order valence-electron chi connectivity index (χ0n) is 13.3. The SMILES string of the molecule is CN(C)c1ccc(CCCNC(=O)c2cc(Br)ccc2F)cc1. The molecule has 0 bridgehead atoms. The number of nitrogens with one attached hydrogen (secondary N) is 1. The minimum atomic E-state index is -0.509. The number of anilines is 1. The van der Waals surface area contributed by atoms with Gasteiger partial charge in [0.15, 0.2) is 0 Å². The molecule has 5 heteroatoms. The van der Waals surface area contributed by atoms with Crippen LogP contribution in [0.25, 0.3) is 0 Å². The van der Waals surface area contributed by atoms with Crippen LogP contribution in [0.5, 0.6) is 0 Å². The third kappa shape index (κ3) is 5.06. The quantitative estimate of drug-likeness (QED) is 0.769. The first-order chi connectivity index (χ1) is 11.0. The summed E-state index contributed by atoms with van der Waals surface area (Å²) >= 11 is 3.24. The van der Waals surface area contributed by atoms with Crippen molar-refractivity contribution in [1.29, 1.82) is 0 Å². The molecule has 1 N–H and O–H groups in total. The number of carbonyl (C=O) groups is 1. The molecular formula is C18H20BrFN2O. The molecule has 1 amide bonds. The van der Waals surface area contributed by atoms with Crippen LogP contribution < -0.4 is 10.2 Å². The lowest BCUT2D eigenvalue weighted by Gasteiger charge is -2.12. The molecule has 0 saturated carbocycles. The van der Waals surface area contributed by atoms with E-state index in [0.29, 0.717) is 11.0 Å². The third-order valence-electron chi connectivity index (χ3n) is 3.55. The first-order valence-electron chi connectivity index (χ1n) is 7.47. The monoisotopic (exact) mass is 378 g/mol. The van der Waals surface area contributed by atoms with E-state index in [-0.39, 0.29) is 11.5 Å². The zero-order chi connectivity index (χ0) is 16.8. The van der Waals surface area contributed by atoms with Crippen LogP contribution in [-0.2, 0) is 6.42 Å². The van der Waals surface area contributed by atoms with Crippen LogP contribution in [0.3, 0.4) is 0 Å². The Morgan fingerprint density at radius 2 is 1.87 bits per heavy atom. The van der Waals surface area contributed by atoms with Crippen LogP contribution in [0.4, 0.5) is 10.1 Å². The van der Waals surface area contributed by atoms with Crippen LogP contribution in [0.1, 0.15) is 22.3 Å². The highest BCUT2D eigenvalue weighted by Crippen LogP contribution is 2.16. The molecule has 2 rings (SSSR count). The lowest BCUT2D eigenvalue weighted by atomic mass is 10.1. The lowest BCUT2D eigenvalue weighted by molar-refractivity contribution is 0.0949. The van der Waals surface area contributed by atoms with Gasteiger partial charge in [-0.2, -0.15) is 0 Å². The van der Waals surface area contributed by atoms with Gasteiger partial charge in [-0.3, -0.25) is 4.79 Å². The number of halogens is 2. The first-order valence-corrected chi connectivity index (χ1v) is 8.26. The molecule has 2 aromatic carbocycles. The highest BCUT2D eigenvalue weighted by Gasteiger charge is 2.11. The normalized spacial score (nSPS) is 10.4. The lowest BCUT2D eigenvalue weighted by Crippen LogP contribution is -2.25. The summed E-state index contributed by atoms with van der Waals surface area (Å²) in [6, 6.07) is 12.7. The van der Waals surface area contributed by atoms with Crippen molar-refractivity contribution in [3.63, 3.8) is 0 Å². The van der Waals surface area contributed by atoms with Crippen molar-refractivity contribution < 1.29 is 9.18 Å². The molecule has 3 nitrogen and oxygen atoms in total. The Hall–Kier alpha value is -1.88. The summed E-state index contributed by atoms with van der Waals surface area (Å²) in [6.07, 6.45) is 1.68. The van der Waals surface area contributed by atoms with E-state index in [1.807, 2.05) is 14.1 Å². The second-order valence-electron chi connectivity index (χ2n) is 5.54. The molecule has 0 aliphatic carbocycles. The van der Waals surface area contributed by atoms with E-state index >= 15 is 0 Å². The van der Waals surface area contributed by atoms with Gasteiger partial charge in [-0.05, 0) is 48.7 Å². The molecule has 0 aliphatic rings. The van der Waals surface area contributed by atoms with Crippen molar-refractivity contribution in [2.75, 3.05) is 25.5 Å². The van der Waals surface area contributed by atoms with Crippen molar-refractivity contribution >= 4 is 27.5 Å². The van der Waals surface area contributed by atoms with Crippen molar-refractivity contribution in [1.82, 2.24) is 5.32 Å². The number of hydrogen-bond acceptors (Lipinski definition) is 2. The fraction of sp³-hybridized carbons (Fsp3) is 0.278. The summed E-state index contributed by atoms with van der Waals surface area (Å²) in [7, 11) is 4.01. The number of rotatable bonds is 6. The molecule has 23 heavy (non-hydrogen) atoms. The zero-order valence-corrected chi connectivity index (χ0v) is 14.9. The Morgan fingerprint density at radius 1 is 1.17 bits per heavy atom. The Bertz CT molecular complexity index is 671. The molecule has 0 aromatic heterocycles. The summed E-state index contributed by atoms with van der Waals surface area (Å²) in [6.45, 7) is 0.514. The van der Waals surface area contributed by atoms with E-state index in [2.05, 4.69) is 50.4 Å². The minimum absolute atomic E-state index is 0.0645. The molecule has 0 atom stereocenters. The van der Waals surface area contributed by atoms with Gasteiger partial charge >= 0.3 is 0 Å². The van der Waals surface area contributed by atoms with Crippen LogP contribution in [0.15, 0.2) is 46.9 Å². The molecule has 0 fully saturated rings. The molecular weight excluding hydrogens is 359 g/mol. The summed E-state index contributed by atoms with van der Waals surface area (Å²) in [5.41, 5.74) is 2.44. The van der Waals surface area contributed by atoms with E-state index in [1.165, 1.54) is 17.7 Å². The van der Waals surface area contributed by atoms with E-state index in [0.717, 1.165) is 18.5 Å². The number of aryl methyl sites for hydroxylation is 1. The van der Waals surface area contributed by atoms with Crippen molar-refractivity contribution in [3.8, 4) is 0 Å². The minimum Gasteiger partial charge on any atom is -0.378 e. The topological polar surface area (TPSA) is 32.3 Å². The van der Waals surface area contributed by atoms with Gasteiger partial charge in [0.05, 0.1) is 5.56 Å². The Kier molecular flexibility index (Phi) is 6.16. The van der Waals surface area contributed by atoms with Crippen LogP contribution in [0.2, 0.25) is 0 Å². The Balaban J connectivity index is 1.81. The number of amides is 1. The third-order valence-corrected chi connectivity index (χ3v) is 4.05. The molecule has 0 aliphatic heterocycles. The average Bonchev–Trinajstić information content (AvgIpc) is 2.54. The number of nitrogens with zero attached hydrogens (tertiary/aromatic N) is 1. The van der Waals surface area contributed by atoms with Gasteiger partial charge in [0.2, 0.25) is 0 Å². The maximum Gasteiger partial charge on any atom is 0.254 e. The van der Waals surface area contributed by atoms with E-state index in [9.17, 15) is 9.18 Å². The van der Waals surface area contributed by atoms with Gasteiger partial charge in [-0.1, -0.05) is 28.1 Å². The highest BCUT2D eigenvalue weighted by atomic mass is 79.9. The Labute approximate surface area is 144 Å². The predicted octanol–water partition coefficient (Wildman–Crippen LogP) is 4.02. The summed E-state index contributed by atoms with van der Waals surface area (Å²) < 4.78 is 14.3. The second kappa shape index (κ2) is 8.11.